The molecule has 0 bridgehead atoms. The summed E-state index contributed by atoms with van der Waals surface area (Å²) in [5.74, 6) is 1.10. The summed E-state index contributed by atoms with van der Waals surface area (Å²) in [6, 6.07) is 10.6. The van der Waals surface area contributed by atoms with E-state index in [0.717, 1.165) is 16.8 Å². The molecule has 3 rings (SSSR count). The van der Waals surface area contributed by atoms with Crippen LogP contribution in [0.25, 0.3) is 0 Å². The third-order valence-corrected chi connectivity index (χ3v) is 4.62. The molecule has 1 heterocycles. The molecule has 28 heavy (non-hydrogen) atoms. The lowest BCUT2D eigenvalue weighted by Gasteiger charge is -2.19. The van der Waals surface area contributed by atoms with Gasteiger partial charge in [0.25, 0.3) is 0 Å². The summed E-state index contributed by atoms with van der Waals surface area (Å²) in [6.07, 6.45) is 0.245. The van der Waals surface area contributed by atoms with Gasteiger partial charge in [0.15, 0.2) is 11.5 Å². The number of hydrogen-bond donors (Lipinski definition) is 2. The Morgan fingerprint density at radius 1 is 1.04 bits per heavy atom. The maximum absolute atomic E-state index is 12.5. The first-order chi connectivity index (χ1) is 13.4. The van der Waals surface area contributed by atoms with Gasteiger partial charge in [-0.05, 0) is 49.2 Å². The van der Waals surface area contributed by atoms with Crippen LogP contribution in [0.3, 0.4) is 0 Å². The summed E-state index contributed by atoms with van der Waals surface area (Å²) in [7, 11) is 3.11. The van der Waals surface area contributed by atoms with Crippen molar-refractivity contribution in [1.82, 2.24) is 5.32 Å². The predicted molar refractivity (Wildman–Crippen MR) is 108 cm³/mol. The molecule has 0 aromatic heterocycles. The zero-order chi connectivity index (χ0) is 20.3. The van der Waals surface area contributed by atoms with E-state index in [0.29, 0.717) is 23.7 Å². The number of nitrogens with one attached hydrogen (secondary N) is 2. The van der Waals surface area contributed by atoms with Gasteiger partial charge in [-0.15, -0.1) is 0 Å². The number of nitrogens with zero attached hydrogens (tertiary/aromatic N) is 1. The van der Waals surface area contributed by atoms with E-state index in [1.807, 2.05) is 32.0 Å². The van der Waals surface area contributed by atoms with Gasteiger partial charge in [-0.2, -0.15) is 0 Å². The number of benzene rings is 2. The molecular weight excluding hydrogens is 358 g/mol. The zero-order valence-electron chi connectivity index (χ0n) is 16.5. The van der Waals surface area contributed by atoms with Crippen LogP contribution in [0.4, 0.5) is 16.2 Å². The Morgan fingerprint density at radius 2 is 1.71 bits per heavy atom. The smallest absolute Gasteiger partial charge is 0.319 e. The minimum Gasteiger partial charge on any atom is -0.493 e. The average molecular weight is 383 g/mol. The number of anilines is 2. The van der Waals surface area contributed by atoms with Gasteiger partial charge in [-0.25, -0.2) is 4.79 Å². The normalized spacial score (nSPS) is 16.1. The Hall–Kier alpha value is -3.22. The summed E-state index contributed by atoms with van der Waals surface area (Å²) in [5.41, 5.74) is 3.59. The van der Waals surface area contributed by atoms with Crippen molar-refractivity contribution in [2.75, 3.05) is 31.0 Å². The largest absolute Gasteiger partial charge is 0.493 e. The molecule has 0 radical (unpaired) electrons. The fourth-order valence-electron chi connectivity index (χ4n) is 3.45. The summed E-state index contributed by atoms with van der Waals surface area (Å²) >= 11 is 0. The summed E-state index contributed by atoms with van der Waals surface area (Å²) in [5, 5.41) is 5.72. The molecule has 7 heteroatoms. The van der Waals surface area contributed by atoms with Gasteiger partial charge in [-0.3, -0.25) is 4.79 Å². The van der Waals surface area contributed by atoms with Crippen molar-refractivity contribution >= 4 is 23.3 Å². The van der Waals surface area contributed by atoms with Crippen molar-refractivity contribution in [3.63, 3.8) is 0 Å². The van der Waals surface area contributed by atoms with Crippen LogP contribution in [0.2, 0.25) is 0 Å². The minimum absolute atomic E-state index is 0.0519. The van der Waals surface area contributed by atoms with Crippen LogP contribution in [0.1, 0.15) is 17.5 Å². The Kier molecular flexibility index (Phi) is 5.73. The van der Waals surface area contributed by atoms with E-state index in [-0.39, 0.29) is 24.4 Å². The zero-order valence-corrected chi connectivity index (χ0v) is 16.5. The molecule has 2 N–H and O–H groups in total. The van der Waals surface area contributed by atoms with Crippen LogP contribution in [0, 0.1) is 13.8 Å². The predicted octanol–water partition coefficient (Wildman–Crippen LogP) is 3.25. The van der Waals surface area contributed by atoms with E-state index in [9.17, 15) is 9.59 Å². The number of methoxy groups -OCH3 is 2. The van der Waals surface area contributed by atoms with Gasteiger partial charge < -0.3 is 25.0 Å². The van der Waals surface area contributed by atoms with Crippen LogP contribution >= 0.6 is 0 Å². The SMILES string of the molecule is COc1ccc(N2C[C@H](NC(=O)Nc3cc(C)cc(C)c3)CC2=O)cc1OC. The third kappa shape index (κ3) is 4.36. The van der Waals surface area contributed by atoms with Gasteiger partial charge in [0.05, 0.1) is 20.3 Å². The highest BCUT2D eigenvalue weighted by Crippen LogP contribution is 2.33. The molecule has 1 fully saturated rings. The van der Waals surface area contributed by atoms with E-state index >= 15 is 0 Å². The van der Waals surface area contributed by atoms with E-state index in [2.05, 4.69) is 10.6 Å². The quantitative estimate of drug-likeness (QED) is 0.831. The lowest BCUT2D eigenvalue weighted by molar-refractivity contribution is -0.117. The molecule has 3 amide bonds. The second kappa shape index (κ2) is 8.21. The topological polar surface area (TPSA) is 79.9 Å². The molecule has 7 nitrogen and oxygen atoms in total. The number of rotatable bonds is 5. The Balaban J connectivity index is 1.65. The van der Waals surface area contributed by atoms with Crippen molar-refractivity contribution in [3.8, 4) is 11.5 Å². The van der Waals surface area contributed by atoms with E-state index in [1.165, 1.54) is 0 Å². The number of carbonyl (C=O) groups is 2. The Bertz CT molecular complexity index is 877. The van der Waals surface area contributed by atoms with Gasteiger partial charge >= 0.3 is 6.03 Å². The average Bonchev–Trinajstić information content (AvgIpc) is 3.00. The van der Waals surface area contributed by atoms with Crippen LogP contribution in [-0.4, -0.2) is 38.7 Å². The fraction of sp³-hybridized carbons (Fsp3) is 0.333. The van der Waals surface area contributed by atoms with Crippen LogP contribution < -0.4 is 25.0 Å². The first-order valence-corrected chi connectivity index (χ1v) is 9.08. The second-order valence-electron chi connectivity index (χ2n) is 6.92. The van der Waals surface area contributed by atoms with Gasteiger partial charge in [0.2, 0.25) is 5.91 Å². The van der Waals surface area contributed by atoms with E-state index in [1.54, 1.807) is 37.3 Å². The molecule has 2 aromatic rings. The highest BCUT2D eigenvalue weighted by molar-refractivity contribution is 5.98. The number of urea groups is 1. The number of aryl methyl sites for hydroxylation is 2. The molecule has 0 unspecified atom stereocenters. The van der Waals surface area contributed by atoms with E-state index < -0.39 is 0 Å². The van der Waals surface area contributed by atoms with Gasteiger partial charge in [0.1, 0.15) is 0 Å². The first-order valence-electron chi connectivity index (χ1n) is 9.08. The van der Waals surface area contributed by atoms with Crippen molar-refractivity contribution in [2.45, 2.75) is 26.3 Å². The number of hydrogen-bond acceptors (Lipinski definition) is 4. The van der Waals surface area contributed by atoms with E-state index in [4.69, 9.17) is 9.47 Å². The van der Waals surface area contributed by atoms with Gasteiger partial charge in [-0.1, -0.05) is 6.07 Å². The van der Waals surface area contributed by atoms with Crippen LogP contribution in [0.5, 0.6) is 11.5 Å². The summed E-state index contributed by atoms with van der Waals surface area (Å²) in [6.45, 7) is 4.36. The molecule has 1 aliphatic heterocycles. The number of carbonyl (C=O) groups excluding carboxylic acids is 2. The maximum Gasteiger partial charge on any atom is 0.319 e. The lowest BCUT2D eigenvalue weighted by Crippen LogP contribution is -2.39. The fourth-order valence-corrected chi connectivity index (χ4v) is 3.45. The van der Waals surface area contributed by atoms with Crippen molar-refractivity contribution in [1.29, 1.82) is 0 Å². The molecule has 2 aromatic carbocycles. The maximum atomic E-state index is 12.5. The molecule has 0 saturated carbocycles. The van der Waals surface area contributed by atoms with Crippen molar-refractivity contribution in [2.24, 2.45) is 0 Å². The Morgan fingerprint density at radius 3 is 2.36 bits per heavy atom. The highest BCUT2D eigenvalue weighted by atomic mass is 16.5. The highest BCUT2D eigenvalue weighted by Gasteiger charge is 2.32. The summed E-state index contributed by atoms with van der Waals surface area (Å²) < 4.78 is 10.5. The molecule has 1 saturated heterocycles. The first kappa shape index (κ1) is 19.5. The Labute approximate surface area is 164 Å². The monoisotopic (exact) mass is 383 g/mol. The van der Waals surface area contributed by atoms with Gasteiger partial charge in [0, 0.05) is 30.4 Å². The molecule has 148 valence electrons. The summed E-state index contributed by atoms with van der Waals surface area (Å²) in [4.78, 5) is 26.4. The molecular formula is C21H25N3O4. The molecule has 1 atom stereocenters. The number of amides is 3. The van der Waals surface area contributed by atoms with Crippen LogP contribution in [-0.2, 0) is 4.79 Å². The second-order valence-corrected chi connectivity index (χ2v) is 6.92. The standard InChI is InChI=1S/C21H25N3O4/c1-13-7-14(2)9-15(8-13)22-21(26)23-16-10-20(25)24(12-16)17-5-6-18(27-3)19(11-17)28-4/h5-9,11,16H,10,12H2,1-4H3,(H2,22,23,26)/t16-/m1/s1. The molecule has 0 spiro atoms. The molecule has 0 aliphatic carbocycles. The minimum atomic E-state index is -0.322. The third-order valence-electron chi connectivity index (χ3n) is 4.62. The van der Waals surface area contributed by atoms with Crippen molar-refractivity contribution < 1.29 is 19.1 Å². The molecule has 1 aliphatic rings. The van der Waals surface area contributed by atoms with Crippen molar-refractivity contribution in [3.05, 3.63) is 47.5 Å². The lowest BCUT2D eigenvalue weighted by atomic mass is 10.1. The van der Waals surface area contributed by atoms with Crippen LogP contribution in [0.15, 0.2) is 36.4 Å². The number of ether oxygens (including phenoxy) is 2.